The number of sulfonamides is 2. The van der Waals surface area contributed by atoms with Gasteiger partial charge in [-0.05, 0) is 102 Å². The van der Waals surface area contributed by atoms with Crippen LogP contribution < -0.4 is 0 Å². The van der Waals surface area contributed by atoms with Gasteiger partial charge < -0.3 is 10.0 Å². The molecule has 4 atom stereocenters. The molecule has 0 unspecified atom stereocenters. The van der Waals surface area contributed by atoms with Crippen molar-refractivity contribution in [3.63, 3.8) is 0 Å². The van der Waals surface area contributed by atoms with Crippen molar-refractivity contribution in [1.29, 1.82) is 0 Å². The van der Waals surface area contributed by atoms with Crippen LogP contribution in [-0.2, 0) is 43.0 Å². The Labute approximate surface area is 320 Å². The highest BCUT2D eigenvalue weighted by Gasteiger charge is 2.39. The molecule has 2 saturated heterocycles. The third kappa shape index (κ3) is 9.63. The van der Waals surface area contributed by atoms with Crippen LogP contribution in [0.2, 0.25) is 0 Å². The van der Waals surface area contributed by atoms with Gasteiger partial charge >= 0.3 is 7.82 Å². The van der Waals surface area contributed by atoms with E-state index in [1.54, 1.807) is 53.7 Å². The minimum absolute atomic E-state index is 0.0181. The summed E-state index contributed by atoms with van der Waals surface area (Å²) in [5, 5.41) is 18.4. The first-order chi connectivity index (χ1) is 24.9. The van der Waals surface area contributed by atoms with Crippen LogP contribution in [0.4, 0.5) is 0 Å². The van der Waals surface area contributed by atoms with E-state index in [1.807, 2.05) is 27.7 Å². The summed E-state index contributed by atoms with van der Waals surface area (Å²) in [7, 11) is -12.1. The van der Waals surface area contributed by atoms with Crippen molar-refractivity contribution in [2.75, 3.05) is 33.0 Å². The average Bonchev–Trinajstić information content (AvgIpc) is 3.03. The lowest BCUT2D eigenvalue weighted by molar-refractivity contribution is -0.0476. The van der Waals surface area contributed by atoms with Gasteiger partial charge in [0.15, 0.2) is 0 Å². The first kappa shape index (κ1) is 42.5. The van der Waals surface area contributed by atoms with Crippen LogP contribution in [0.3, 0.4) is 0 Å². The molecule has 5 rings (SSSR count). The maximum Gasteiger partial charge on any atom is 0.478 e. The topological polar surface area (TPSA) is 174 Å². The molecule has 0 spiro atoms. The molecular weight excluding hydrogens is 756 g/mol. The Kier molecular flexibility index (Phi) is 12.3. The average molecular weight is 811 g/mol. The van der Waals surface area contributed by atoms with E-state index in [2.05, 4.69) is 10.3 Å². The van der Waals surface area contributed by atoms with E-state index in [1.165, 1.54) is 32.9 Å². The largest absolute Gasteiger partial charge is 0.478 e. The molecule has 54 heavy (non-hydrogen) atoms. The number of oxime groups is 2. The third-order valence-corrected chi connectivity index (χ3v) is 14.9. The lowest BCUT2D eigenvalue weighted by Crippen LogP contribution is -2.42. The number of fused-ring (bicyclic) bond motifs is 2. The summed E-state index contributed by atoms with van der Waals surface area (Å²) in [5.41, 5.74) is -0.552. The van der Waals surface area contributed by atoms with Gasteiger partial charge in [0.25, 0.3) is 0 Å². The number of hydrogen-bond donors (Lipinski definition) is 1. The number of phosphoric ester groups is 1. The van der Waals surface area contributed by atoms with E-state index < -0.39 is 45.9 Å². The van der Waals surface area contributed by atoms with Crippen molar-refractivity contribution < 1.29 is 45.0 Å². The second-order valence-electron chi connectivity index (χ2n) is 17.1. The molecular formula is C37H55N4O10PS2. The number of phosphoric acid groups is 1. The van der Waals surface area contributed by atoms with Crippen LogP contribution in [-0.4, -0.2) is 86.3 Å². The van der Waals surface area contributed by atoms with Gasteiger partial charge in [0.1, 0.15) is 11.4 Å². The van der Waals surface area contributed by atoms with Crippen molar-refractivity contribution in [2.45, 2.75) is 103 Å². The first-order valence-corrected chi connectivity index (χ1v) is 22.6. The molecule has 2 aliphatic heterocycles. The normalized spacial score (nSPS) is 23.4. The molecule has 0 aromatic heterocycles. The third-order valence-electron chi connectivity index (χ3n) is 9.24. The van der Waals surface area contributed by atoms with Crippen molar-refractivity contribution in [2.24, 2.45) is 34.0 Å². The highest BCUT2D eigenvalue weighted by molar-refractivity contribution is 7.89. The molecule has 2 aromatic carbocycles. The Morgan fingerprint density at radius 1 is 0.685 bits per heavy atom. The zero-order chi connectivity index (χ0) is 40.0. The van der Waals surface area contributed by atoms with Crippen molar-refractivity contribution in [3.8, 4) is 0 Å². The summed E-state index contributed by atoms with van der Waals surface area (Å²) in [6, 6.07) is 8.85. The number of benzene rings is 2. The molecule has 0 radical (unpaired) electrons. The molecule has 2 fully saturated rings. The van der Waals surface area contributed by atoms with Gasteiger partial charge in [-0.1, -0.05) is 50.1 Å². The summed E-state index contributed by atoms with van der Waals surface area (Å²) in [5.74, 6) is 0.685. The van der Waals surface area contributed by atoms with Crippen LogP contribution in [0.15, 0.2) is 56.5 Å². The van der Waals surface area contributed by atoms with Crippen LogP contribution in [0, 0.1) is 23.7 Å². The molecule has 0 saturated carbocycles. The molecule has 3 aliphatic rings. The van der Waals surface area contributed by atoms with Crippen LogP contribution in [0.25, 0.3) is 0 Å². The predicted octanol–water partition coefficient (Wildman–Crippen LogP) is 7.04. The number of rotatable bonds is 10. The SMILES string of the molecule is C[C@@H]1C[C@H](C)CN(S(=O)(=O)c2ccc3c(c2)C(=NO)c2cc(S(=O)(=O)N4C[C@H](C)C[C@H](C)C4)ccc2C3=NOCOP(=O)(OC(C)(C)C)OC(C)(C)C)C1. The lowest BCUT2D eigenvalue weighted by atomic mass is 9.83. The molecule has 17 heteroatoms. The molecule has 14 nitrogen and oxygen atoms in total. The zero-order valence-electron chi connectivity index (χ0n) is 32.9. The fourth-order valence-corrected chi connectivity index (χ4v) is 12.6. The fraction of sp³-hybridized carbons (Fsp3) is 0.622. The second-order valence-corrected chi connectivity index (χ2v) is 22.5. The van der Waals surface area contributed by atoms with Gasteiger partial charge in [-0.3, -0.25) is 9.05 Å². The van der Waals surface area contributed by atoms with Gasteiger partial charge in [-0.15, -0.1) is 0 Å². The predicted molar refractivity (Wildman–Crippen MR) is 206 cm³/mol. The van der Waals surface area contributed by atoms with Gasteiger partial charge in [0.2, 0.25) is 26.8 Å². The summed E-state index contributed by atoms with van der Waals surface area (Å²) in [4.78, 5) is 5.55. The van der Waals surface area contributed by atoms with E-state index >= 15 is 0 Å². The van der Waals surface area contributed by atoms with Crippen molar-refractivity contribution in [1.82, 2.24) is 8.61 Å². The molecule has 0 amide bonds. The van der Waals surface area contributed by atoms with Gasteiger partial charge in [-0.25, -0.2) is 25.9 Å². The van der Waals surface area contributed by atoms with Crippen LogP contribution >= 0.6 is 7.82 Å². The Hall–Kier alpha value is -2.69. The molecule has 2 heterocycles. The maximum absolute atomic E-state index is 14.0. The molecule has 0 bridgehead atoms. The Bertz CT molecular complexity index is 1910. The van der Waals surface area contributed by atoms with Crippen LogP contribution in [0.5, 0.6) is 0 Å². The van der Waals surface area contributed by atoms with E-state index in [0.29, 0.717) is 37.3 Å². The van der Waals surface area contributed by atoms with E-state index in [0.717, 1.165) is 12.8 Å². The van der Waals surface area contributed by atoms with E-state index in [9.17, 15) is 26.6 Å². The summed E-state index contributed by atoms with van der Waals surface area (Å²) < 4.78 is 89.5. The number of piperidine rings is 2. The molecule has 300 valence electrons. The van der Waals surface area contributed by atoms with E-state index in [-0.39, 0.29) is 56.0 Å². The summed E-state index contributed by atoms with van der Waals surface area (Å²) >= 11 is 0. The molecule has 1 N–H and O–H groups in total. The highest BCUT2D eigenvalue weighted by atomic mass is 32.2. The highest BCUT2D eigenvalue weighted by Crippen LogP contribution is 2.55. The number of hydrogen-bond acceptors (Lipinski definition) is 12. The zero-order valence-corrected chi connectivity index (χ0v) is 35.4. The second kappa shape index (κ2) is 15.7. The van der Waals surface area contributed by atoms with Crippen molar-refractivity contribution >= 4 is 39.3 Å². The lowest BCUT2D eigenvalue weighted by Gasteiger charge is -2.34. The van der Waals surface area contributed by atoms with Crippen LogP contribution in [0.1, 0.15) is 104 Å². The van der Waals surface area contributed by atoms with Crippen molar-refractivity contribution in [3.05, 3.63) is 58.7 Å². The minimum atomic E-state index is -4.16. The Morgan fingerprint density at radius 2 is 1.07 bits per heavy atom. The first-order valence-electron chi connectivity index (χ1n) is 18.3. The molecule has 2 aromatic rings. The minimum Gasteiger partial charge on any atom is -0.410 e. The summed E-state index contributed by atoms with van der Waals surface area (Å²) in [6.07, 6.45) is 1.83. The smallest absolute Gasteiger partial charge is 0.410 e. The van der Waals surface area contributed by atoms with Gasteiger partial charge in [0, 0.05) is 48.4 Å². The van der Waals surface area contributed by atoms with Gasteiger partial charge in [-0.2, -0.15) is 8.61 Å². The Morgan fingerprint density at radius 3 is 1.43 bits per heavy atom. The monoisotopic (exact) mass is 810 g/mol. The standard InChI is InChI=1S/C37H55N4O10PS2/c1-24-15-25(2)20-40(19-24)53(44,45)28-11-13-30-32(17-28)34(38-42)33-18-29(54(46,47)41-21-26(3)16-27(4)22-41)12-14-31(33)35(30)39-48-23-49-52(43,50-36(5,6)7)51-37(8,9)10/h11-14,17-18,24-27,42H,15-16,19-23H2,1-10H3/t24-,25+,26-,27+. The van der Waals surface area contributed by atoms with E-state index in [4.69, 9.17) is 18.4 Å². The molecule has 1 aliphatic carbocycles. The van der Waals surface area contributed by atoms with Gasteiger partial charge in [0.05, 0.1) is 21.0 Å². The summed E-state index contributed by atoms with van der Waals surface area (Å²) in [6.45, 7) is 19.1. The number of nitrogens with zero attached hydrogens (tertiary/aromatic N) is 4. The quantitative estimate of drug-likeness (QED) is 0.0736. The Balaban J connectivity index is 1.59. The fourth-order valence-electron chi connectivity index (χ4n) is 7.49. The maximum atomic E-state index is 14.0.